The Balaban J connectivity index is 2.07. The van der Waals surface area contributed by atoms with Gasteiger partial charge in [-0.3, -0.25) is 14.4 Å². The Kier molecular flexibility index (Phi) is 6.49. The molecule has 2 aromatic rings. The zero-order valence-corrected chi connectivity index (χ0v) is 14.6. The van der Waals surface area contributed by atoms with Crippen molar-refractivity contribution < 1.29 is 19.5 Å². The molecule has 136 valence electrons. The molecule has 0 aliphatic carbocycles. The third kappa shape index (κ3) is 5.17. The Morgan fingerprint density at radius 2 is 1.54 bits per heavy atom. The van der Waals surface area contributed by atoms with Gasteiger partial charge in [-0.15, -0.1) is 0 Å². The molecule has 0 aromatic heterocycles. The number of carbonyl (C=O) groups is 3. The molecule has 0 saturated carbocycles. The molecule has 0 saturated heterocycles. The first kappa shape index (κ1) is 19.2. The highest BCUT2D eigenvalue weighted by atomic mass is 16.4. The summed E-state index contributed by atoms with van der Waals surface area (Å²) in [6.45, 7) is 2.10. The molecule has 0 unspecified atom stereocenters. The van der Waals surface area contributed by atoms with Crippen molar-refractivity contribution in [2.24, 2.45) is 5.73 Å². The molecule has 0 spiro atoms. The maximum Gasteiger partial charge on any atom is 0.303 e. The first-order chi connectivity index (χ1) is 12.4. The summed E-state index contributed by atoms with van der Waals surface area (Å²) in [6, 6.07) is 14.2. The summed E-state index contributed by atoms with van der Waals surface area (Å²) in [4.78, 5) is 34.3. The van der Waals surface area contributed by atoms with Crippen LogP contribution in [0.4, 0.5) is 0 Å². The average molecular weight is 354 g/mol. The predicted molar refractivity (Wildman–Crippen MR) is 98.6 cm³/mol. The van der Waals surface area contributed by atoms with Gasteiger partial charge >= 0.3 is 5.97 Å². The third-order valence-electron chi connectivity index (χ3n) is 4.14. The molecule has 6 heteroatoms. The molecule has 6 nitrogen and oxygen atoms in total. The molecule has 0 bridgehead atoms. The summed E-state index contributed by atoms with van der Waals surface area (Å²) in [5.74, 6) is -2.27. The Labute approximate surface area is 152 Å². The van der Waals surface area contributed by atoms with Gasteiger partial charge in [-0.05, 0) is 41.7 Å². The number of hydrogen-bond donors (Lipinski definition) is 3. The number of carboxylic acid groups (broad SMARTS) is 1. The Hall–Kier alpha value is -3.15. The zero-order valence-electron chi connectivity index (χ0n) is 14.6. The first-order valence-electron chi connectivity index (χ1n) is 8.42. The van der Waals surface area contributed by atoms with Crippen LogP contribution >= 0.6 is 0 Å². The molecule has 0 aliphatic rings. The Morgan fingerprint density at radius 3 is 2.00 bits per heavy atom. The Bertz CT molecular complexity index is 782. The van der Waals surface area contributed by atoms with Crippen molar-refractivity contribution in [3.8, 4) is 11.1 Å². The molecular weight excluding hydrogens is 332 g/mol. The zero-order chi connectivity index (χ0) is 19.1. The number of aliphatic carboxylic acids is 1. The summed E-state index contributed by atoms with van der Waals surface area (Å²) in [5.41, 5.74) is 8.88. The van der Waals surface area contributed by atoms with Gasteiger partial charge in [0.1, 0.15) is 6.04 Å². The van der Waals surface area contributed by atoms with Gasteiger partial charge in [0.05, 0.1) is 0 Å². The van der Waals surface area contributed by atoms with E-state index in [1.807, 2.05) is 24.3 Å². The number of nitrogens with one attached hydrogen (secondary N) is 1. The highest BCUT2D eigenvalue weighted by Gasteiger charge is 2.20. The second-order valence-corrected chi connectivity index (χ2v) is 5.99. The second kappa shape index (κ2) is 8.80. The maximum absolute atomic E-state index is 12.3. The van der Waals surface area contributed by atoms with Gasteiger partial charge < -0.3 is 16.2 Å². The van der Waals surface area contributed by atoms with E-state index in [1.54, 1.807) is 12.1 Å². The standard InChI is InChI=1S/C20H22N2O4/c1-2-13-3-5-14(6-4-13)15-7-9-16(10-8-15)20(26)22-17(19(21)25)11-12-18(23)24/h3-10,17H,2,11-12H2,1H3,(H2,21,25)(H,22,26)(H,23,24)/t17-/m0/s1. The number of benzene rings is 2. The number of hydrogen-bond acceptors (Lipinski definition) is 3. The summed E-state index contributed by atoms with van der Waals surface area (Å²) in [5, 5.41) is 11.2. The summed E-state index contributed by atoms with van der Waals surface area (Å²) < 4.78 is 0. The topological polar surface area (TPSA) is 109 Å². The van der Waals surface area contributed by atoms with Crippen LogP contribution in [0.15, 0.2) is 48.5 Å². The van der Waals surface area contributed by atoms with Crippen LogP contribution in [-0.2, 0) is 16.0 Å². The van der Waals surface area contributed by atoms with Gasteiger partial charge in [0.15, 0.2) is 0 Å². The van der Waals surface area contributed by atoms with Gasteiger partial charge in [0, 0.05) is 12.0 Å². The molecule has 2 amide bonds. The van der Waals surface area contributed by atoms with Crippen LogP contribution < -0.4 is 11.1 Å². The lowest BCUT2D eigenvalue weighted by Crippen LogP contribution is -2.44. The number of carbonyl (C=O) groups excluding carboxylic acids is 2. The van der Waals surface area contributed by atoms with Crippen LogP contribution in [0.25, 0.3) is 11.1 Å². The van der Waals surface area contributed by atoms with Crippen molar-refractivity contribution in [2.75, 3.05) is 0 Å². The van der Waals surface area contributed by atoms with Gasteiger partial charge in [0.2, 0.25) is 5.91 Å². The molecule has 26 heavy (non-hydrogen) atoms. The molecule has 0 fully saturated rings. The van der Waals surface area contributed by atoms with Crippen molar-refractivity contribution >= 4 is 17.8 Å². The normalized spacial score (nSPS) is 11.6. The average Bonchev–Trinajstić information content (AvgIpc) is 2.64. The quantitative estimate of drug-likeness (QED) is 0.676. The molecule has 1 atom stereocenters. The van der Waals surface area contributed by atoms with Crippen LogP contribution in [0.2, 0.25) is 0 Å². The fraction of sp³-hybridized carbons (Fsp3) is 0.250. The fourth-order valence-corrected chi connectivity index (χ4v) is 2.54. The van der Waals surface area contributed by atoms with E-state index in [4.69, 9.17) is 10.8 Å². The lowest BCUT2D eigenvalue weighted by molar-refractivity contribution is -0.137. The van der Waals surface area contributed by atoms with E-state index in [1.165, 1.54) is 5.56 Å². The van der Waals surface area contributed by atoms with Crippen molar-refractivity contribution in [3.63, 3.8) is 0 Å². The van der Waals surface area contributed by atoms with Crippen LogP contribution in [0.5, 0.6) is 0 Å². The lowest BCUT2D eigenvalue weighted by atomic mass is 10.0. The summed E-state index contributed by atoms with van der Waals surface area (Å²) >= 11 is 0. The van der Waals surface area contributed by atoms with E-state index < -0.39 is 23.8 Å². The fourth-order valence-electron chi connectivity index (χ4n) is 2.54. The largest absolute Gasteiger partial charge is 0.481 e. The molecule has 4 N–H and O–H groups in total. The number of primary amides is 1. The van der Waals surface area contributed by atoms with Gasteiger partial charge in [-0.1, -0.05) is 43.3 Å². The Morgan fingerprint density at radius 1 is 1.00 bits per heavy atom. The molecule has 0 aliphatic heterocycles. The minimum absolute atomic E-state index is 0.0434. The van der Waals surface area contributed by atoms with Crippen LogP contribution in [0.3, 0.4) is 0 Å². The lowest BCUT2D eigenvalue weighted by Gasteiger charge is -2.14. The smallest absolute Gasteiger partial charge is 0.303 e. The minimum Gasteiger partial charge on any atom is -0.481 e. The molecule has 0 radical (unpaired) electrons. The van der Waals surface area contributed by atoms with Gasteiger partial charge in [0.25, 0.3) is 5.91 Å². The van der Waals surface area contributed by atoms with Gasteiger partial charge in [-0.25, -0.2) is 0 Å². The van der Waals surface area contributed by atoms with E-state index in [0.29, 0.717) is 5.56 Å². The highest BCUT2D eigenvalue weighted by molar-refractivity contribution is 5.97. The highest BCUT2D eigenvalue weighted by Crippen LogP contribution is 2.20. The van der Waals surface area contributed by atoms with E-state index in [0.717, 1.165) is 17.5 Å². The molecule has 2 rings (SSSR count). The predicted octanol–water partition coefficient (Wildman–Crippen LogP) is 2.36. The first-order valence-corrected chi connectivity index (χ1v) is 8.42. The van der Waals surface area contributed by atoms with Crippen LogP contribution in [-0.4, -0.2) is 28.9 Å². The van der Waals surface area contributed by atoms with Crippen molar-refractivity contribution in [3.05, 3.63) is 59.7 Å². The number of aryl methyl sites for hydroxylation is 1. The van der Waals surface area contributed by atoms with E-state index in [2.05, 4.69) is 24.4 Å². The summed E-state index contributed by atoms with van der Waals surface area (Å²) in [7, 11) is 0. The van der Waals surface area contributed by atoms with Crippen molar-refractivity contribution in [1.82, 2.24) is 5.32 Å². The third-order valence-corrected chi connectivity index (χ3v) is 4.14. The molecular formula is C20H22N2O4. The van der Waals surface area contributed by atoms with E-state index >= 15 is 0 Å². The van der Waals surface area contributed by atoms with Crippen molar-refractivity contribution in [1.29, 1.82) is 0 Å². The number of nitrogens with two attached hydrogens (primary N) is 1. The number of carboxylic acids is 1. The van der Waals surface area contributed by atoms with Gasteiger partial charge in [-0.2, -0.15) is 0 Å². The SMILES string of the molecule is CCc1ccc(-c2ccc(C(=O)N[C@@H](CCC(=O)O)C(N)=O)cc2)cc1. The van der Waals surface area contributed by atoms with Crippen LogP contribution in [0, 0.1) is 0 Å². The monoisotopic (exact) mass is 354 g/mol. The number of amides is 2. The van der Waals surface area contributed by atoms with E-state index in [9.17, 15) is 14.4 Å². The molecule has 0 heterocycles. The number of rotatable bonds is 8. The maximum atomic E-state index is 12.3. The minimum atomic E-state index is -1.05. The van der Waals surface area contributed by atoms with Crippen molar-refractivity contribution in [2.45, 2.75) is 32.2 Å². The second-order valence-electron chi connectivity index (χ2n) is 5.99. The van der Waals surface area contributed by atoms with Crippen LogP contribution in [0.1, 0.15) is 35.7 Å². The van der Waals surface area contributed by atoms with E-state index in [-0.39, 0.29) is 12.8 Å². The summed E-state index contributed by atoms with van der Waals surface area (Å²) in [6.07, 6.45) is 0.682. The molecule has 2 aromatic carbocycles.